The highest BCUT2D eigenvalue weighted by molar-refractivity contribution is 6.06. The third-order valence-corrected chi connectivity index (χ3v) is 4.68. The van der Waals surface area contributed by atoms with E-state index >= 15 is 0 Å². The molecule has 1 heterocycles. The van der Waals surface area contributed by atoms with Crippen LogP contribution >= 0.6 is 0 Å². The second-order valence-electron chi connectivity index (χ2n) is 7.27. The van der Waals surface area contributed by atoms with Crippen molar-refractivity contribution < 1.29 is 23.9 Å². The lowest BCUT2D eigenvalue weighted by Gasteiger charge is -2.24. The molecule has 2 rings (SSSR count). The number of likely N-dealkylation sites (tertiary alicyclic amines) is 1. The Morgan fingerprint density at radius 1 is 1.29 bits per heavy atom. The number of Topliss-reactive ketones (excluding diaryl/α,β-unsaturated/α-hetero) is 1. The molecule has 0 aliphatic carbocycles. The Hall–Kier alpha value is -2.74. The molecule has 0 radical (unpaired) electrons. The van der Waals surface area contributed by atoms with Gasteiger partial charge in [-0.15, -0.1) is 0 Å². The van der Waals surface area contributed by atoms with Crippen LogP contribution in [0.25, 0.3) is 0 Å². The Bertz CT molecular complexity index is 717. The summed E-state index contributed by atoms with van der Waals surface area (Å²) in [6.45, 7) is 6.30. The van der Waals surface area contributed by atoms with Gasteiger partial charge in [-0.1, -0.05) is 32.9 Å². The summed E-state index contributed by atoms with van der Waals surface area (Å²) in [4.78, 5) is 47.9. The monoisotopic (exact) mass is 389 g/mol. The van der Waals surface area contributed by atoms with Crippen molar-refractivity contribution in [2.75, 3.05) is 18.5 Å². The Morgan fingerprint density at radius 2 is 1.96 bits per heavy atom. The van der Waals surface area contributed by atoms with E-state index in [-0.39, 0.29) is 49.0 Å². The van der Waals surface area contributed by atoms with Crippen LogP contribution in [-0.2, 0) is 30.5 Å². The predicted octanol–water partition coefficient (Wildman–Crippen LogP) is 1.31. The fraction of sp³-hybridized carbons (Fsp3) is 0.500. The first-order valence-corrected chi connectivity index (χ1v) is 9.31. The molecule has 8 nitrogen and oxygen atoms in total. The minimum atomic E-state index is -0.482. The molecule has 8 heteroatoms. The lowest BCUT2D eigenvalue weighted by molar-refractivity contribution is -0.143. The van der Waals surface area contributed by atoms with Crippen molar-refractivity contribution in [1.29, 1.82) is 0 Å². The number of ketones is 1. The quantitative estimate of drug-likeness (QED) is 0.334. The van der Waals surface area contributed by atoms with E-state index in [4.69, 9.17) is 4.74 Å². The van der Waals surface area contributed by atoms with Gasteiger partial charge in [0.2, 0.25) is 11.8 Å². The normalized spacial score (nSPS) is 17.7. The average molecular weight is 389 g/mol. The number of imide groups is 1. The first kappa shape index (κ1) is 21.6. The zero-order chi connectivity index (χ0) is 20.7. The van der Waals surface area contributed by atoms with Crippen molar-refractivity contribution in [3.8, 4) is 0 Å². The molecule has 1 aromatic carbocycles. The summed E-state index contributed by atoms with van der Waals surface area (Å²) < 4.78 is 4.70. The van der Waals surface area contributed by atoms with Crippen LogP contribution in [-0.4, -0.2) is 48.2 Å². The molecule has 0 aromatic heterocycles. The molecular formula is C20H27N3O5. The van der Waals surface area contributed by atoms with E-state index in [0.717, 1.165) is 16.2 Å². The Balaban J connectivity index is 1.87. The standard InChI is InChI=1S/C20H27N3O5/c1-13(2)19(17(25)9-23-18(26)8-14(3)20(23)27)22-11-21-16-6-4-15(5-7-16)10-28-12-24/h4-7,12-14,19,21-22H,8-11H2,1-3H3/t14?,19-/m0/s1. The van der Waals surface area contributed by atoms with Gasteiger partial charge < -0.3 is 10.1 Å². The number of carbonyl (C=O) groups excluding carboxylic acids is 4. The molecule has 1 unspecified atom stereocenters. The maximum absolute atomic E-state index is 12.6. The summed E-state index contributed by atoms with van der Waals surface area (Å²) in [6, 6.07) is 6.88. The molecule has 0 bridgehead atoms. The van der Waals surface area contributed by atoms with E-state index in [0.29, 0.717) is 13.1 Å². The Morgan fingerprint density at radius 3 is 2.50 bits per heavy atom. The molecule has 1 aliphatic rings. The summed E-state index contributed by atoms with van der Waals surface area (Å²) in [6.07, 6.45) is 0.168. The van der Waals surface area contributed by atoms with E-state index in [2.05, 4.69) is 10.6 Å². The zero-order valence-electron chi connectivity index (χ0n) is 16.4. The van der Waals surface area contributed by atoms with E-state index in [9.17, 15) is 19.2 Å². The van der Waals surface area contributed by atoms with Gasteiger partial charge in [0.1, 0.15) is 6.61 Å². The van der Waals surface area contributed by atoms with Crippen molar-refractivity contribution in [3.05, 3.63) is 29.8 Å². The second-order valence-corrected chi connectivity index (χ2v) is 7.27. The van der Waals surface area contributed by atoms with Gasteiger partial charge in [-0.2, -0.15) is 0 Å². The number of hydrogen-bond acceptors (Lipinski definition) is 7. The lowest BCUT2D eigenvalue weighted by atomic mass is 9.99. The van der Waals surface area contributed by atoms with Gasteiger partial charge >= 0.3 is 0 Å². The minimum Gasteiger partial charge on any atom is -0.463 e. The summed E-state index contributed by atoms with van der Waals surface area (Å²) in [5, 5.41) is 6.32. The molecule has 28 heavy (non-hydrogen) atoms. The van der Waals surface area contributed by atoms with E-state index in [1.54, 1.807) is 6.92 Å². The van der Waals surface area contributed by atoms with Crippen LogP contribution in [0.5, 0.6) is 0 Å². The molecule has 1 saturated heterocycles. The Labute approximate surface area is 164 Å². The number of anilines is 1. The molecule has 1 aliphatic heterocycles. The van der Waals surface area contributed by atoms with Gasteiger partial charge in [0, 0.05) is 18.0 Å². The zero-order valence-corrected chi connectivity index (χ0v) is 16.4. The third-order valence-electron chi connectivity index (χ3n) is 4.68. The van der Waals surface area contributed by atoms with Gasteiger partial charge in [0.25, 0.3) is 6.47 Å². The molecule has 0 saturated carbocycles. The minimum absolute atomic E-state index is 0.00222. The molecule has 0 spiro atoms. The Kier molecular flexibility index (Phi) is 7.69. The van der Waals surface area contributed by atoms with Crippen LogP contribution in [0.1, 0.15) is 32.8 Å². The van der Waals surface area contributed by atoms with Gasteiger partial charge in [0.15, 0.2) is 5.78 Å². The van der Waals surface area contributed by atoms with Crippen LogP contribution in [0.4, 0.5) is 5.69 Å². The highest BCUT2D eigenvalue weighted by Crippen LogP contribution is 2.19. The predicted molar refractivity (Wildman–Crippen MR) is 103 cm³/mol. The largest absolute Gasteiger partial charge is 0.463 e. The van der Waals surface area contributed by atoms with E-state index in [1.807, 2.05) is 38.1 Å². The van der Waals surface area contributed by atoms with Crippen LogP contribution < -0.4 is 10.6 Å². The van der Waals surface area contributed by atoms with Crippen molar-refractivity contribution in [2.24, 2.45) is 11.8 Å². The van der Waals surface area contributed by atoms with Crippen molar-refractivity contribution >= 4 is 29.8 Å². The number of benzene rings is 1. The van der Waals surface area contributed by atoms with Crippen molar-refractivity contribution in [1.82, 2.24) is 10.2 Å². The molecule has 2 atom stereocenters. The number of rotatable bonds is 11. The number of amides is 2. The molecule has 152 valence electrons. The maximum atomic E-state index is 12.6. The van der Waals surface area contributed by atoms with Crippen LogP contribution in [0.3, 0.4) is 0 Å². The van der Waals surface area contributed by atoms with Crippen molar-refractivity contribution in [3.63, 3.8) is 0 Å². The first-order valence-electron chi connectivity index (χ1n) is 9.31. The third kappa shape index (κ3) is 5.63. The summed E-state index contributed by atoms with van der Waals surface area (Å²) in [5.41, 5.74) is 1.71. The molecular weight excluding hydrogens is 362 g/mol. The first-order chi connectivity index (χ1) is 13.3. The summed E-state index contributed by atoms with van der Waals surface area (Å²) >= 11 is 0. The molecule has 2 N–H and O–H groups in total. The number of hydrogen-bond donors (Lipinski definition) is 2. The summed E-state index contributed by atoms with van der Waals surface area (Å²) in [7, 11) is 0. The summed E-state index contributed by atoms with van der Waals surface area (Å²) in [5.74, 6) is -1.11. The van der Waals surface area contributed by atoms with Crippen LogP contribution in [0.2, 0.25) is 0 Å². The SMILES string of the molecule is CC1CC(=O)N(CC(=O)[C@@H](NCNc2ccc(COC=O)cc2)C(C)C)C1=O. The van der Waals surface area contributed by atoms with Gasteiger partial charge in [-0.05, 0) is 23.6 Å². The lowest BCUT2D eigenvalue weighted by Crippen LogP contribution is -2.48. The second kappa shape index (κ2) is 9.98. The fourth-order valence-corrected chi connectivity index (χ4v) is 3.10. The van der Waals surface area contributed by atoms with E-state index < -0.39 is 6.04 Å². The maximum Gasteiger partial charge on any atom is 0.293 e. The fourth-order valence-electron chi connectivity index (χ4n) is 3.10. The average Bonchev–Trinajstić information content (AvgIpc) is 2.90. The number of carbonyl (C=O) groups is 4. The molecule has 2 amide bonds. The van der Waals surface area contributed by atoms with Gasteiger partial charge in [-0.25, -0.2) is 0 Å². The highest BCUT2D eigenvalue weighted by atomic mass is 16.5. The van der Waals surface area contributed by atoms with Gasteiger partial charge in [0.05, 0.1) is 19.3 Å². The molecule has 1 fully saturated rings. The highest BCUT2D eigenvalue weighted by Gasteiger charge is 2.37. The van der Waals surface area contributed by atoms with Gasteiger partial charge in [-0.3, -0.25) is 29.4 Å². The number of nitrogens with zero attached hydrogens (tertiary/aromatic N) is 1. The topological polar surface area (TPSA) is 105 Å². The van der Waals surface area contributed by atoms with Crippen molar-refractivity contribution in [2.45, 2.75) is 39.8 Å². The van der Waals surface area contributed by atoms with Crippen LogP contribution in [0.15, 0.2) is 24.3 Å². The smallest absolute Gasteiger partial charge is 0.293 e. The van der Waals surface area contributed by atoms with E-state index in [1.165, 1.54) is 0 Å². The number of ether oxygens (including phenoxy) is 1. The molecule has 1 aromatic rings. The van der Waals surface area contributed by atoms with Crippen LogP contribution in [0, 0.1) is 11.8 Å². The number of nitrogens with one attached hydrogen (secondary N) is 2.